The van der Waals surface area contributed by atoms with Crippen LogP contribution in [-0.4, -0.2) is 17.0 Å². The lowest BCUT2D eigenvalue weighted by atomic mass is 10.2. The van der Waals surface area contributed by atoms with Crippen molar-refractivity contribution in [2.24, 2.45) is 0 Å². The molecule has 1 amide bonds. The molecular weight excluding hydrogens is 278 g/mol. The lowest BCUT2D eigenvalue weighted by Gasteiger charge is -1.99. The first-order valence-corrected chi connectivity index (χ1v) is 6.70. The maximum absolute atomic E-state index is 12.0. The van der Waals surface area contributed by atoms with Crippen LogP contribution < -0.4 is 5.32 Å². The summed E-state index contributed by atoms with van der Waals surface area (Å²) < 4.78 is 5.13. The van der Waals surface area contributed by atoms with Gasteiger partial charge in [-0.15, -0.1) is 11.3 Å². The second kappa shape index (κ2) is 6.21. The highest BCUT2D eigenvalue weighted by Gasteiger charge is 2.11. The lowest BCUT2D eigenvalue weighted by Crippen LogP contribution is -2.21. The zero-order valence-corrected chi connectivity index (χ0v) is 11.6. The van der Waals surface area contributed by atoms with Crippen LogP contribution in [0.2, 0.25) is 0 Å². The van der Waals surface area contributed by atoms with Gasteiger partial charge in [0, 0.05) is 11.0 Å². The number of hydrogen-bond acceptors (Lipinski definition) is 4. The normalized spacial score (nSPS) is 10.8. The molecule has 6 heteroatoms. The predicted molar refractivity (Wildman–Crippen MR) is 75.6 cm³/mol. The van der Waals surface area contributed by atoms with Crippen molar-refractivity contribution in [2.75, 3.05) is 0 Å². The molecule has 104 valence electrons. The number of amides is 1. The number of thiophene rings is 1. The zero-order chi connectivity index (χ0) is 14.5. The van der Waals surface area contributed by atoms with Crippen LogP contribution in [0.5, 0.6) is 0 Å². The van der Waals surface area contributed by atoms with Gasteiger partial charge in [0.1, 0.15) is 5.76 Å². The largest absolute Gasteiger partial charge is 0.478 e. The molecule has 0 bridgehead atoms. The standard InChI is InChI=1S/C14H13NO4S/c1-9-7-12(20-11(9)4-5-13(16)17)14(18)15-8-10-3-2-6-19-10/h2-7H,8H2,1H3,(H,15,18)(H,16,17)/b5-4+. The smallest absolute Gasteiger partial charge is 0.328 e. The van der Waals surface area contributed by atoms with Crippen molar-refractivity contribution in [1.82, 2.24) is 5.32 Å². The van der Waals surface area contributed by atoms with E-state index >= 15 is 0 Å². The van der Waals surface area contributed by atoms with Crippen molar-refractivity contribution in [3.05, 3.63) is 51.6 Å². The van der Waals surface area contributed by atoms with Crippen molar-refractivity contribution in [2.45, 2.75) is 13.5 Å². The molecule has 0 atom stereocenters. The van der Waals surface area contributed by atoms with Gasteiger partial charge in [0.15, 0.2) is 0 Å². The summed E-state index contributed by atoms with van der Waals surface area (Å²) >= 11 is 1.25. The van der Waals surface area contributed by atoms with Gasteiger partial charge < -0.3 is 14.8 Å². The monoisotopic (exact) mass is 291 g/mol. The Kier molecular flexibility index (Phi) is 4.37. The molecule has 0 aromatic carbocycles. The third-order valence-corrected chi connectivity index (χ3v) is 3.76. The molecule has 2 aromatic heterocycles. The third kappa shape index (κ3) is 3.58. The number of rotatable bonds is 5. The van der Waals surface area contributed by atoms with Crippen molar-refractivity contribution in [1.29, 1.82) is 0 Å². The molecule has 0 aliphatic rings. The Morgan fingerprint density at radius 1 is 1.50 bits per heavy atom. The molecule has 0 radical (unpaired) electrons. The topological polar surface area (TPSA) is 79.5 Å². The summed E-state index contributed by atoms with van der Waals surface area (Å²) in [6, 6.07) is 5.27. The van der Waals surface area contributed by atoms with E-state index in [9.17, 15) is 9.59 Å². The minimum Gasteiger partial charge on any atom is -0.478 e. The van der Waals surface area contributed by atoms with Gasteiger partial charge in [0.05, 0.1) is 17.7 Å². The second-order valence-electron chi connectivity index (χ2n) is 4.09. The van der Waals surface area contributed by atoms with Crippen LogP contribution in [0.4, 0.5) is 0 Å². The number of carboxylic acids is 1. The summed E-state index contributed by atoms with van der Waals surface area (Å²) in [5, 5.41) is 11.3. The van der Waals surface area contributed by atoms with E-state index in [0.717, 1.165) is 16.5 Å². The van der Waals surface area contributed by atoms with Gasteiger partial charge in [-0.25, -0.2) is 4.79 Å². The molecule has 20 heavy (non-hydrogen) atoms. The maximum atomic E-state index is 12.0. The summed E-state index contributed by atoms with van der Waals surface area (Å²) in [4.78, 5) is 23.7. The van der Waals surface area contributed by atoms with E-state index < -0.39 is 5.97 Å². The van der Waals surface area contributed by atoms with Crippen LogP contribution in [-0.2, 0) is 11.3 Å². The number of carbonyl (C=O) groups is 2. The molecule has 0 saturated carbocycles. The SMILES string of the molecule is Cc1cc(C(=O)NCc2ccco2)sc1/C=C/C(=O)O. The molecule has 5 nitrogen and oxygen atoms in total. The number of nitrogens with one attached hydrogen (secondary N) is 1. The number of aryl methyl sites for hydroxylation is 1. The molecule has 0 saturated heterocycles. The van der Waals surface area contributed by atoms with E-state index in [1.165, 1.54) is 17.4 Å². The number of carboxylic acid groups (broad SMARTS) is 1. The molecule has 2 N–H and O–H groups in total. The number of aliphatic carboxylic acids is 1. The molecule has 0 unspecified atom stereocenters. The Balaban J connectivity index is 2.03. The number of hydrogen-bond donors (Lipinski definition) is 2. The van der Waals surface area contributed by atoms with Gasteiger partial charge in [-0.05, 0) is 36.8 Å². The quantitative estimate of drug-likeness (QED) is 0.830. The number of furan rings is 1. The fourth-order valence-electron chi connectivity index (χ4n) is 1.59. The fourth-order valence-corrected chi connectivity index (χ4v) is 2.58. The summed E-state index contributed by atoms with van der Waals surface area (Å²) in [5.41, 5.74) is 0.871. The van der Waals surface area contributed by atoms with E-state index in [0.29, 0.717) is 17.2 Å². The summed E-state index contributed by atoms with van der Waals surface area (Å²) in [7, 11) is 0. The summed E-state index contributed by atoms with van der Waals surface area (Å²) in [5.74, 6) is -0.538. The van der Waals surface area contributed by atoms with E-state index in [2.05, 4.69) is 5.32 Å². The van der Waals surface area contributed by atoms with Crippen LogP contribution in [0.15, 0.2) is 35.0 Å². The molecule has 0 fully saturated rings. The molecule has 0 spiro atoms. The van der Waals surface area contributed by atoms with Gasteiger partial charge in [-0.2, -0.15) is 0 Å². The van der Waals surface area contributed by atoms with Crippen LogP contribution in [0.25, 0.3) is 6.08 Å². The van der Waals surface area contributed by atoms with Crippen molar-refractivity contribution < 1.29 is 19.1 Å². The van der Waals surface area contributed by atoms with Crippen molar-refractivity contribution >= 4 is 29.3 Å². The predicted octanol–water partition coefficient (Wildman–Crippen LogP) is 2.68. The van der Waals surface area contributed by atoms with Crippen molar-refractivity contribution in [3.63, 3.8) is 0 Å². The zero-order valence-electron chi connectivity index (χ0n) is 10.8. The molecule has 0 aliphatic carbocycles. The fraction of sp³-hybridized carbons (Fsp3) is 0.143. The van der Waals surface area contributed by atoms with Gasteiger partial charge in [-0.3, -0.25) is 4.79 Å². The Hall–Kier alpha value is -2.34. The Bertz CT molecular complexity index is 640. The highest BCUT2D eigenvalue weighted by Crippen LogP contribution is 2.23. The molecule has 2 rings (SSSR count). The first-order valence-electron chi connectivity index (χ1n) is 5.88. The summed E-state index contributed by atoms with van der Waals surface area (Å²) in [6.45, 7) is 2.16. The third-order valence-electron chi connectivity index (χ3n) is 2.56. The van der Waals surface area contributed by atoms with Gasteiger partial charge in [0.2, 0.25) is 0 Å². The lowest BCUT2D eigenvalue weighted by molar-refractivity contribution is -0.131. The molecular formula is C14H13NO4S. The maximum Gasteiger partial charge on any atom is 0.328 e. The van der Waals surface area contributed by atoms with Crippen molar-refractivity contribution in [3.8, 4) is 0 Å². The molecule has 0 aliphatic heterocycles. The van der Waals surface area contributed by atoms with Gasteiger partial charge in [-0.1, -0.05) is 0 Å². The van der Waals surface area contributed by atoms with Gasteiger partial charge in [0.25, 0.3) is 5.91 Å². The number of carbonyl (C=O) groups excluding carboxylic acids is 1. The van der Waals surface area contributed by atoms with E-state index in [1.807, 2.05) is 6.92 Å². The Labute approximate surface area is 119 Å². The minimum absolute atomic E-state index is 0.204. The second-order valence-corrected chi connectivity index (χ2v) is 5.18. The average molecular weight is 291 g/mol. The van der Waals surface area contributed by atoms with E-state index in [-0.39, 0.29) is 5.91 Å². The van der Waals surface area contributed by atoms with E-state index in [1.54, 1.807) is 24.5 Å². The van der Waals surface area contributed by atoms with Crippen LogP contribution in [0, 0.1) is 6.92 Å². The average Bonchev–Trinajstić information content (AvgIpc) is 3.03. The Morgan fingerprint density at radius 2 is 2.30 bits per heavy atom. The van der Waals surface area contributed by atoms with Crippen LogP contribution in [0.1, 0.15) is 25.9 Å². The summed E-state index contributed by atoms with van der Waals surface area (Å²) in [6.07, 6.45) is 4.10. The van der Waals surface area contributed by atoms with Gasteiger partial charge >= 0.3 is 5.97 Å². The minimum atomic E-state index is -1.01. The molecule has 2 aromatic rings. The van der Waals surface area contributed by atoms with Crippen LogP contribution in [0.3, 0.4) is 0 Å². The first kappa shape index (κ1) is 14.1. The molecule has 2 heterocycles. The van der Waals surface area contributed by atoms with Crippen LogP contribution >= 0.6 is 11.3 Å². The van der Waals surface area contributed by atoms with E-state index in [4.69, 9.17) is 9.52 Å². The highest BCUT2D eigenvalue weighted by molar-refractivity contribution is 7.15. The first-order chi connectivity index (χ1) is 9.56. The highest BCUT2D eigenvalue weighted by atomic mass is 32.1. The Morgan fingerprint density at radius 3 is 2.95 bits per heavy atom.